The maximum atomic E-state index is 4.29. The van der Waals surface area contributed by atoms with Crippen LogP contribution >= 0.6 is 11.8 Å². The smallest absolute Gasteiger partial charge is 0.167 e. The molecule has 0 bridgehead atoms. The standard InChI is InChI=1S/C10H19N3S/c1-8(11-3)7-9(2)14-10-12-5-6-13(10)4/h5-6,8-9,11H,7H2,1-4H3. The van der Waals surface area contributed by atoms with Crippen LogP contribution in [0.5, 0.6) is 0 Å². The molecule has 2 atom stereocenters. The summed E-state index contributed by atoms with van der Waals surface area (Å²) in [6.45, 7) is 4.45. The summed E-state index contributed by atoms with van der Waals surface area (Å²) in [6, 6.07) is 0.567. The molecular formula is C10H19N3S. The number of aryl methyl sites for hydroxylation is 1. The molecule has 1 rings (SSSR count). The van der Waals surface area contributed by atoms with Gasteiger partial charge in [-0.15, -0.1) is 0 Å². The van der Waals surface area contributed by atoms with E-state index in [0.29, 0.717) is 11.3 Å². The maximum Gasteiger partial charge on any atom is 0.167 e. The van der Waals surface area contributed by atoms with E-state index in [4.69, 9.17) is 0 Å². The molecule has 80 valence electrons. The minimum Gasteiger partial charge on any atom is -0.329 e. The Balaban J connectivity index is 2.41. The molecule has 3 nitrogen and oxygen atoms in total. The van der Waals surface area contributed by atoms with Crippen LogP contribution < -0.4 is 5.32 Å². The number of thioether (sulfide) groups is 1. The van der Waals surface area contributed by atoms with Crippen LogP contribution in [0.15, 0.2) is 17.6 Å². The Bertz CT molecular complexity index is 272. The molecule has 0 radical (unpaired) electrons. The van der Waals surface area contributed by atoms with Gasteiger partial charge in [0.15, 0.2) is 5.16 Å². The van der Waals surface area contributed by atoms with Crippen molar-refractivity contribution in [3.63, 3.8) is 0 Å². The van der Waals surface area contributed by atoms with Gasteiger partial charge in [-0.2, -0.15) is 0 Å². The zero-order valence-corrected chi connectivity index (χ0v) is 10.1. The SMILES string of the molecule is CNC(C)CC(C)Sc1nccn1C. The van der Waals surface area contributed by atoms with Crippen molar-refractivity contribution in [3.8, 4) is 0 Å². The number of nitrogens with zero attached hydrogens (tertiary/aromatic N) is 2. The fraction of sp³-hybridized carbons (Fsp3) is 0.700. The zero-order chi connectivity index (χ0) is 10.6. The van der Waals surface area contributed by atoms with Crippen LogP contribution in [-0.4, -0.2) is 27.9 Å². The quantitative estimate of drug-likeness (QED) is 0.758. The normalized spacial score (nSPS) is 15.4. The Labute approximate surface area is 90.3 Å². The third-order valence-corrected chi connectivity index (χ3v) is 3.46. The summed E-state index contributed by atoms with van der Waals surface area (Å²) in [5.74, 6) is 0. The Morgan fingerprint density at radius 2 is 2.29 bits per heavy atom. The highest BCUT2D eigenvalue weighted by Gasteiger charge is 2.10. The highest BCUT2D eigenvalue weighted by atomic mass is 32.2. The minimum atomic E-state index is 0.567. The first kappa shape index (κ1) is 11.6. The monoisotopic (exact) mass is 213 g/mol. The molecule has 1 aromatic rings. The number of nitrogens with one attached hydrogen (secondary N) is 1. The maximum absolute atomic E-state index is 4.29. The molecule has 0 saturated carbocycles. The van der Waals surface area contributed by atoms with E-state index in [2.05, 4.69) is 28.7 Å². The fourth-order valence-electron chi connectivity index (χ4n) is 1.31. The lowest BCUT2D eigenvalue weighted by Gasteiger charge is -2.15. The lowest BCUT2D eigenvalue weighted by Crippen LogP contribution is -2.24. The first-order valence-corrected chi connectivity index (χ1v) is 5.82. The van der Waals surface area contributed by atoms with Crippen molar-refractivity contribution in [1.29, 1.82) is 0 Å². The number of hydrogen-bond donors (Lipinski definition) is 1. The van der Waals surface area contributed by atoms with Gasteiger partial charge in [0.05, 0.1) is 0 Å². The van der Waals surface area contributed by atoms with Crippen molar-refractivity contribution in [2.45, 2.75) is 36.7 Å². The van der Waals surface area contributed by atoms with Crippen molar-refractivity contribution in [3.05, 3.63) is 12.4 Å². The average Bonchev–Trinajstić information content (AvgIpc) is 2.51. The molecule has 14 heavy (non-hydrogen) atoms. The second kappa shape index (κ2) is 5.41. The van der Waals surface area contributed by atoms with Gasteiger partial charge in [0.2, 0.25) is 0 Å². The molecule has 1 heterocycles. The summed E-state index contributed by atoms with van der Waals surface area (Å²) in [5.41, 5.74) is 0. The lowest BCUT2D eigenvalue weighted by atomic mass is 10.2. The van der Waals surface area contributed by atoms with Crippen molar-refractivity contribution in [1.82, 2.24) is 14.9 Å². The number of aromatic nitrogens is 2. The molecule has 0 fully saturated rings. The third kappa shape index (κ3) is 3.35. The van der Waals surface area contributed by atoms with Crippen molar-refractivity contribution in [2.24, 2.45) is 7.05 Å². The fourth-order valence-corrected chi connectivity index (χ4v) is 2.40. The summed E-state index contributed by atoms with van der Waals surface area (Å²) < 4.78 is 2.06. The first-order chi connectivity index (χ1) is 6.63. The molecule has 0 aliphatic carbocycles. The Morgan fingerprint density at radius 1 is 1.57 bits per heavy atom. The Hall–Kier alpha value is -0.480. The van der Waals surface area contributed by atoms with Gasteiger partial charge in [-0.05, 0) is 20.4 Å². The molecular weight excluding hydrogens is 194 g/mol. The molecule has 1 N–H and O–H groups in total. The van der Waals surface area contributed by atoms with E-state index >= 15 is 0 Å². The Morgan fingerprint density at radius 3 is 2.79 bits per heavy atom. The van der Waals surface area contributed by atoms with Gasteiger partial charge in [0.25, 0.3) is 0 Å². The molecule has 0 aliphatic rings. The second-order valence-electron chi connectivity index (χ2n) is 3.67. The van der Waals surface area contributed by atoms with Crippen LogP contribution in [0, 0.1) is 0 Å². The average molecular weight is 213 g/mol. The van der Waals surface area contributed by atoms with Gasteiger partial charge < -0.3 is 9.88 Å². The third-order valence-electron chi connectivity index (χ3n) is 2.26. The van der Waals surface area contributed by atoms with E-state index in [1.807, 2.05) is 38.3 Å². The van der Waals surface area contributed by atoms with E-state index in [9.17, 15) is 0 Å². The molecule has 4 heteroatoms. The topological polar surface area (TPSA) is 29.9 Å². The lowest BCUT2D eigenvalue weighted by molar-refractivity contribution is 0.563. The van der Waals surface area contributed by atoms with E-state index in [0.717, 1.165) is 11.6 Å². The molecule has 0 saturated heterocycles. The van der Waals surface area contributed by atoms with Crippen LogP contribution in [0.4, 0.5) is 0 Å². The second-order valence-corrected chi connectivity index (χ2v) is 5.08. The first-order valence-electron chi connectivity index (χ1n) is 4.94. The molecule has 0 aromatic carbocycles. The van der Waals surface area contributed by atoms with Crippen LogP contribution in [0.3, 0.4) is 0 Å². The number of hydrogen-bond acceptors (Lipinski definition) is 3. The van der Waals surface area contributed by atoms with Crippen molar-refractivity contribution >= 4 is 11.8 Å². The van der Waals surface area contributed by atoms with Gasteiger partial charge >= 0.3 is 0 Å². The Kier molecular flexibility index (Phi) is 4.48. The summed E-state index contributed by atoms with van der Waals surface area (Å²) in [6.07, 6.45) is 4.99. The molecule has 0 spiro atoms. The van der Waals surface area contributed by atoms with E-state index in [1.165, 1.54) is 0 Å². The molecule has 1 aromatic heterocycles. The van der Waals surface area contributed by atoms with Crippen LogP contribution in [0.25, 0.3) is 0 Å². The largest absolute Gasteiger partial charge is 0.329 e. The van der Waals surface area contributed by atoms with Crippen molar-refractivity contribution in [2.75, 3.05) is 7.05 Å². The molecule has 0 aliphatic heterocycles. The summed E-state index contributed by atoms with van der Waals surface area (Å²) in [7, 11) is 4.03. The van der Waals surface area contributed by atoms with Gasteiger partial charge in [0.1, 0.15) is 0 Å². The molecule has 0 amide bonds. The van der Waals surface area contributed by atoms with Gasteiger partial charge in [-0.25, -0.2) is 4.98 Å². The van der Waals surface area contributed by atoms with Gasteiger partial charge in [0, 0.05) is 30.7 Å². The van der Waals surface area contributed by atoms with Crippen LogP contribution in [0.2, 0.25) is 0 Å². The molecule has 2 unspecified atom stereocenters. The van der Waals surface area contributed by atoms with E-state index in [-0.39, 0.29) is 0 Å². The summed E-state index contributed by atoms with van der Waals surface area (Å²) >= 11 is 1.83. The van der Waals surface area contributed by atoms with Gasteiger partial charge in [-0.3, -0.25) is 0 Å². The minimum absolute atomic E-state index is 0.567. The van der Waals surface area contributed by atoms with Crippen LogP contribution in [-0.2, 0) is 7.05 Å². The number of rotatable bonds is 5. The summed E-state index contributed by atoms with van der Waals surface area (Å²) in [5, 5.41) is 4.94. The van der Waals surface area contributed by atoms with E-state index < -0.39 is 0 Å². The van der Waals surface area contributed by atoms with E-state index in [1.54, 1.807) is 0 Å². The predicted molar refractivity (Wildman–Crippen MR) is 61.7 cm³/mol. The number of imidazole rings is 1. The van der Waals surface area contributed by atoms with Crippen LogP contribution in [0.1, 0.15) is 20.3 Å². The predicted octanol–water partition coefficient (Wildman–Crippen LogP) is 1.90. The zero-order valence-electron chi connectivity index (χ0n) is 9.32. The highest BCUT2D eigenvalue weighted by molar-refractivity contribution is 7.99. The summed E-state index contributed by atoms with van der Waals surface area (Å²) in [4.78, 5) is 4.29. The highest BCUT2D eigenvalue weighted by Crippen LogP contribution is 2.23. The van der Waals surface area contributed by atoms with Crippen molar-refractivity contribution < 1.29 is 0 Å². The van der Waals surface area contributed by atoms with Gasteiger partial charge in [-0.1, -0.05) is 18.7 Å².